The summed E-state index contributed by atoms with van der Waals surface area (Å²) in [5, 5.41) is 4.06. The third-order valence-corrected chi connectivity index (χ3v) is 3.99. The quantitative estimate of drug-likeness (QED) is 0.858. The fraction of sp³-hybridized carbons (Fsp3) is 0.400. The van der Waals surface area contributed by atoms with Crippen LogP contribution in [0, 0.1) is 12.7 Å². The first-order valence-corrected chi connectivity index (χ1v) is 7.55. The van der Waals surface area contributed by atoms with Crippen molar-refractivity contribution < 1.29 is 18.4 Å². The van der Waals surface area contributed by atoms with E-state index in [1.807, 2.05) is 0 Å². The highest BCUT2D eigenvalue weighted by Crippen LogP contribution is 2.23. The SMILES string of the molecule is Cc1nc([C@@H]2CN(C(=O)Cc3c(F)cccc3Cl)CCO2)no1. The molecule has 1 aliphatic rings. The normalized spacial score (nSPS) is 18.2. The van der Waals surface area contributed by atoms with Gasteiger partial charge in [0.1, 0.15) is 11.9 Å². The van der Waals surface area contributed by atoms with Crippen molar-refractivity contribution in [3.63, 3.8) is 0 Å². The van der Waals surface area contributed by atoms with E-state index in [2.05, 4.69) is 10.1 Å². The van der Waals surface area contributed by atoms with Crippen LogP contribution in [0.25, 0.3) is 0 Å². The molecule has 1 aromatic heterocycles. The molecule has 23 heavy (non-hydrogen) atoms. The molecule has 0 unspecified atom stereocenters. The van der Waals surface area contributed by atoms with Crippen LogP contribution in [-0.4, -0.2) is 40.6 Å². The number of hydrogen-bond acceptors (Lipinski definition) is 5. The van der Waals surface area contributed by atoms with E-state index >= 15 is 0 Å². The van der Waals surface area contributed by atoms with Crippen LogP contribution in [-0.2, 0) is 16.0 Å². The maximum absolute atomic E-state index is 13.8. The molecule has 1 aliphatic heterocycles. The predicted octanol–water partition coefficient (Wildman–Crippen LogP) is 2.31. The van der Waals surface area contributed by atoms with E-state index in [1.54, 1.807) is 17.9 Å². The topological polar surface area (TPSA) is 68.5 Å². The van der Waals surface area contributed by atoms with E-state index in [0.29, 0.717) is 31.4 Å². The average molecular weight is 340 g/mol. The molecule has 1 fully saturated rings. The molecule has 0 bridgehead atoms. The summed E-state index contributed by atoms with van der Waals surface area (Å²) in [6.07, 6.45) is -0.537. The largest absolute Gasteiger partial charge is 0.366 e. The zero-order chi connectivity index (χ0) is 16.4. The highest BCUT2D eigenvalue weighted by atomic mass is 35.5. The molecule has 1 amide bonds. The van der Waals surface area contributed by atoms with E-state index in [1.165, 1.54) is 12.1 Å². The highest BCUT2D eigenvalue weighted by molar-refractivity contribution is 6.31. The van der Waals surface area contributed by atoms with Gasteiger partial charge in [-0.05, 0) is 12.1 Å². The molecule has 3 rings (SSSR count). The molecule has 122 valence electrons. The van der Waals surface area contributed by atoms with Crippen molar-refractivity contribution in [2.24, 2.45) is 0 Å². The number of aromatic nitrogens is 2. The van der Waals surface area contributed by atoms with Crippen molar-refractivity contribution in [1.82, 2.24) is 15.0 Å². The molecule has 0 spiro atoms. The second kappa shape index (κ2) is 6.64. The summed E-state index contributed by atoms with van der Waals surface area (Å²) in [4.78, 5) is 18.2. The second-order valence-corrected chi connectivity index (χ2v) is 5.65. The third-order valence-electron chi connectivity index (χ3n) is 3.64. The molecule has 1 saturated heterocycles. The van der Waals surface area contributed by atoms with Gasteiger partial charge >= 0.3 is 0 Å². The second-order valence-electron chi connectivity index (χ2n) is 5.25. The van der Waals surface area contributed by atoms with Crippen molar-refractivity contribution in [3.8, 4) is 0 Å². The summed E-state index contributed by atoms with van der Waals surface area (Å²) in [6.45, 7) is 2.76. The lowest BCUT2D eigenvalue weighted by Gasteiger charge is -2.31. The van der Waals surface area contributed by atoms with E-state index < -0.39 is 11.9 Å². The molecule has 6 nitrogen and oxygen atoms in total. The summed E-state index contributed by atoms with van der Waals surface area (Å²) in [6, 6.07) is 4.37. The van der Waals surface area contributed by atoms with Crippen LogP contribution < -0.4 is 0 Å². The first kappa shape index (κ1) is 15.9. The van der Waals surface area contributed by atoms with Gasteiger partial charge in [0.2, 0.25) is 17.6 Å². The lowest BCUT2D eigenvalue weighted by Crippen LogP contribution is -2.43. The van der Waals surface area contributed by atoms with Gasteiger partial charge in [0.15, 0.2) is 0 Å². The minimum absolute atomic E-state index is 0.0938. The number of halogens is 2. The maximum atomic E-state index is 13.8. The summed E-state index contributed by atoms with van der Waals surface area (Å²) >= 11 is 5.97. The van der Waals surface area contributed by atoms with Gasteiger partial charge in [-0.25, -0.2) is 4.39 Å². The Morgan fingerprint density at radius 3 is 3.04 bits per heavy atom. The summed E-state index contributed by atoms with van der Waals surface area (Å²) in [5.74, 6) is 0.143. The van der Waals surface area contributed by atoms with E-state index in [0.717, 1.165) is 0 Å². The number of rotatable bonds is 3. The predicted molar refractivity (Wildman–Crippen MR) is 79.4 cm³/mol. The van der Waals surface area contributed by atoms with Crippen molar-refractivity contribution in [2.45, 2.75) is 19.4 Å². The van der Waals surface area contributed by atoms with Crippen LogP contribution in [0.2, 0.25) is 5.02 Å². The molecule has 2 aromatic rings. The Balaban J connectivity index is 1.70. The van der Waals surface area contributed by atoms with Crippen molar-refractivity contribution in [1.29, 1.82) is 0 Å². The number of carbonyl (C=O) groups excluding carboxylic acids is 1. The van der Waals surface area contributed by atoms with Gasteiger partial charge in [-0.1, -0.05) is 22.8 Å². The van der Waals surface area contributed by atoms with Gasteiger partial charge in [0.05, 0.1) is 19.6 Å². The van der Waals surface area contributed by atoms with E-state index in [4.69, 9.17) is 20.9 Å². The number of nitrogens with zero attached hydrogens (tertiary/aromatic N) is 3. The first-order chi connectivity index (χ1) is 11.0. The van der Waals surface area contributed by atoms with Crippen molar-refractivity contribution in [2.75, 3.05) is 19.7 Å². The van der Waals surface area contributed by atoms with Gasteiger partial charge < -0.3 is 14.2 Å². The minimum atomic E-state index is -0.482. The Morgan fingerprint density at radius 1 is 1.52 bits per heavy atom. The van der Waals surface area contributed by atoms with Gasteiger partial charge in [0, 0.05) is 24.1 Å². The Bertz CT molecular complexity index is 701. The van der Waals surface area contributed by atoms with Crippen LogP contribution in [0.15, 0.2) is 22.7 Å². The molecule has 8 heteroatoms. The Labute approximate surface area is 137 Å². The molecule has 2 heterocycles. The maximum Gasteiger partial charge on any atom is 0.227 e. The standard InChI is InChI=1S/C15H15ClFN3O3/c1-9-18-15(19-23-9)13-8-20(5-6-22-13)14(21)7-10-11(16)3-2-4-12(10)17/h2-4,13H,5-8H2,1H3/t13-/m0/s1. The van der Waals surface area contributed by atoms with Crippen LogP contribution in [0.4, 0.5) is 4.39 Å². The molecule has 0 radical (unpaired) electrons. The van der Waals surface area contributed by atoms with Crippen LogP contribution >= 0.6 is 11.6 Å². The molecule has 0 aliphatic carbocycles. The number of morpholine rings is 1. The molecule has 1 atom stereocenters. The molecular weight excluding hydrogens is 325 g/mol. The number of carbonyl (C=O) groups is 1. The van der Waals surface area contributed by atoms with Gasteiger partial charge in [-0.15, -0.1) is 0 Å². The van der Waals surface area contributed by atoms with Gasteiger partial charge in [-0.3, -0.25) is 4.79 Å². The molecule has 1 aromatic carbocycles. The van der Waals surface area contributed by atoms with Crippen LogP contribution in [0.3, 0.4) is 0 Å². The number of ether oxygens (including phenoxy) is 1. The molecule has 0 saturated carbocycles. The van der Waals surface area contributed by atoms with Crippen molar-refractivity contribution in [3.05, 3.63) is 46.3 Å². The summed E-state index contributed by atoms with van der Waals surface area (Å²) in [7, 11) is 0. The summed E-state index contributed by atoms with van der Waals surface area (Å²) in [5.41, 5.74) is 0.206. The van der Waals surface area contributed by atoms with Gasteiger partial charge in [0.25, 0.3) is 0 Å². The molecule has 0 N–H and O–H groups in total. The lowest BCUT2D eigenvalue weighted by atomic mass is 10.1. The Hall–Kier alpha value is -1.99. The van der Waals surface area contributed by atoms with E-state index in [-0.39, 0.29) is 22.9 Å². The monoisotopic (exact) mass is 339 g/mol. The zero-order valence-electron chi connectivity index (χ0n) is 12.5. The smallest absolute Gasteiger partial charge is 0.227 e. The average Bonchev–Trinajstić information content (AvgIpc) is 2.97. The highest BCUT2D eigenvalue weighted by Gasteiger charge is 2.29. The van der Waals surface area contributed by atoms with Crippen LogP contribution in [0.5, 0.6) is 0 Å². The first-order valence-electron chi connectivity index (χ1n) is 7.17. The Kier molecular flexibility index (Phi) is 4.58. The number of hydrogen-bond donors (Lipinski definition) is 0. The third kappa shape index (κ3) is 3.51. The zero-order valence-corrected chi connectivity index (χ0v) is 13.2. The minimum Gasteiger partial charge on any atom is -0.366 e. The number of amides is 1. The fourth-order valence-corrected chi connectivity index (χ4v) is 2.67. The molecular formula is C15H15ClFN3O3. The number of benzene rings is 1. The summed E-state index contributed by atoms with van der Waals surface area (Å²) < 4.78 is 24.3. The fourth-order valence-electron chi connectivity index (χ4n) is 2.44. The number of aryl methyl sites for hydroxylation is 1. The Morgan fingerprint density at radius 2 is 2.35 bits per heavy atom. The van der Waals surface area contributed by atoms with E-state index in [9.17, 15) is 9.18 Å². The lowest BCUT2D eigenvalue weighted by molar-refractivity contribution is -0.138. The van der Waals surface area contributed by atoms with Gasteiger partial charge in [-0.2, -0.15) is 4.98 Å². The van der Waals surface area contributed by atoms with Crippen LogP contribution in [0.1, 0.15) is 23.4 Å². The van der Waals surface area contributed by atoms with Crippen molar-refractivity contribution >= 4 is 17.5 Å².